The van der Waals surface area contributed by atoms with Crippen molar-refractivity contribution >= 4 is 11.9 Å². The Morgan fingerprint density at radius 1 is 1.14 bits per heavy atom. The third-order valence-electron chi connectivity index (χ3n) is 2.67. The maximum absolute atomic E-state index is 11.8. The zero-order chi connectivity index (χ0) is 15.5. The van der Waals surface area contributed by atoms with Crippen LogP contribution >= 0.6 is 0 Å². The highest BCUT2D eigenvalue weighted by atomic mass is 16.4. The second-order valence-corrected chi connectivity index (χ2v) is 4.34. The van der Waals surface area contributed by atoms with Crippen molar-refractivity contribution in [3.63, 3.8) is 0 Å². The van der Waals surface area contributed by atoms with Crippen molar-refractivity contribution in [3.05, 3.63) is 72.4 Å². The second kappa shape index (κ2) is 9.31. The molecule has 1 aromatic carbocycles. The summed E-state index contributed by atoms with van der Waals surface area (Å²) in [6.45, 7) is 1.90. The molecule has 1 atom stereocenters. The molecule has 1 rings (SSSR count). The van der Waals surface area contributed by atoms with Gasteiger partial charge in [0.05, 0.1) is 12.5 Å². The highest BCUT2D eigenvalue weighted by Crippen LogP contribution is 2.16. The lowest BCUT2D eigenvalue weighted by Crippen LogP contribution is -2.28. The maximum Gasteiger partial charge on any atom is 0.305 e. The molecular formula is C17H19NO3. The molecule has 0 aliphatic rings. The molecule has 0 aromatic heterocycles. The Morgan fingerprint density at radius 3 is 2.43 bits per heavy atom. The fourth-order valence-electron chi connectivity index (χ4n) is 1.71. The van der Waals surface area contributed by atoms with Gasteiger partial charge in [-0.2, -0.15) is 0 Å². The van der Waals surface area contributed by atoms with Crippen LogP contribution in [0.5, 0.6) is 0 Å². The van der Waals surface area contributed by atoms with Crippen LogP contribution in [0.4, 0.5) is 0 Å². The van der Waals surface area contributed by atoms with Crippen molar-refractivity contribution in [1.82, 2.24) is 5.32 Å². The summed E-state index contributed by atoms with van der Waals surface area (Å²) in [5.74, 6) is -1.28. The molecule has 0 saturated heterocycles. The Bertz CT molecular complexity index is 544. The Hall–Kier alpha value is -2.62. The van der Waals surface area contributed by atoms with Gasteiger partial charge in [-0.1, -0.05) is 60.7 Å². The summed E-state index contributed by atoms with van der Waals surface area (Å²) in [6, 6.07) is 8.51. The third-order valence-corrected chi connectivity index (χ3v) is 2.67. The molecule has 21 heavy (non-hydrogen) atoms. The van der Waals surface area contributed by atoms with Gasteiger partial charge in [0.2, 0.25) is 5.91 Å². The van der Waals surface area contributed by atoms with E-state index in [0.717, 1.165) is 5.56 Å². The van der Waals surface area contributed by atoms with E-state index in [4.69, 9.17) is 5.11 Å². The number of carboxylic acid groups (broad SMARTS) is 1. The van der Waals surface area contributed by atoms with E-state index in [1.807, 2.05) is 37.3 Å². The number of carbonyl (C=O) groups excluding carboxylic acids is 1. The van der Waals surface area contributed by atoms with Crippen LogP contribution in [0.1, 0.15) is 24.9 Å². The third kappa shape index (κ3) is 6.92. The van der Waals surface area contributed by atoms with Crippen molar-refractivity contribution < 1.29 is 14.7 Å². The van der Waals surface area contributed by atoms with E-state index < -0.39 is 12.0 Å². The predicted molar refractivity (Wildman–Crippen MR) is 82.7 cm³/mol. The SMILES string of the molecule is C/C=C/C=C/C=C/C(=O)NC(CC(=O)O)c1ccccc1. The zero-order valence-electron chi connectivity index (χ0n) is 11.9. The van der Waals surface area contributed by atoms with E-state index in [1.165, 1.54) is 6.08 Å². The van der Waals surface area contributed by atoms with Crippen LogP contribution < -0.4 is 5.32 Å². The highest BCUT2D eigenvalue weighted by molar-refractivity contribution is 5.88. The molecule has 1 amide bonds. The molecule has 0 saturated carbocycles. The Labute approximate surface area is 124 Å². The largest absolute Gasteiger partial charge is 0.481 e. The topological polar surface area (TPSA) is 66.4 Å². The van der Waals surface area contributed by atoms with E-state index in [2.05, 4.69) is 5.32 Å². The van der Waals surface area contributed by atoms with Crippen molar-refractivity contribution in [1.29, 1.82) is 0 Å². The summed E-state index contributed by atoms with van der Waals surface area (Å²) in [7, 11) is 0. The van der Waals surface area contributed by atoms with E-state index in [-0.39, 0.29) is 12.3 Å². The normalized spacial score (nSPS) is 13.0. The number of nitrogens with one attached hydrogen (secondary N) is 1. The summed E-state index contributed by atoms with van der Waals surface area (Å²) < 4.78 is 0. The molecule has 1 unspecified atom stereocenters. The average Bonchev–Trinajstić information content (AvgIpc) is 2.47. The minimum absolute atomic E-state index is 0.155. The van der Waals surface area contributed by atoms with Crippen molar-refractivity contribution in [3.8, 4) is 0 Å². The number of carboxylic acids is 1. The van der Waals surface area contributed by atoms with Gasteiger partial charge in [-0.05, 0) is 12.5 Å². The second-order valence-electron chi connectivity index (χ2n) is 4.34. The van der Waals surface area contributed by atoms with Gasteiger partial charge in [0, 0.05) is 6.08 Å². The molecule has 0 bridgehead atoms. The van der Waals surface area contributed by atoms with E-state index >= 15 is 0 Å². The van der Waals surface area contributed by atoms with Crippen molar-refractivity contribution in [2.45, 2.75) is 19.4 Å². The summed E-state index contributed by atoms with van der Waals surface area (Å²) >= 11 is 0. The lowest BCUT2D eigenvalue weighted by Gasteiger charge is -2.16. The number of allylic oxidation sites excluding steroid dienone is 5. The molecule has 0 fully saturated rings. The maximum atomic E-state index is 11.8. The van der Waals surface area contributed by atoms with E-state index in [0.29, 0.717) is 0 Å². The summed E-state index contributed by atoms with van der Waals surface area (Å²) in [4.78, 5) is 22.7. The predicted octanol–water partition coefficient (Wildman–Crippen LogP) is 3.01. The molecule has 4 heteroatoms. The molecule has 2 N–H and O–H groups in total. The molecular weight excluding hydrogens is 266 g/mol. The molecule has 0 spiro atoms. The van der Waals surface area contributed by atoms with Crippen molar-refractivity contribution in [2.75, 3.05) is 0 Å². The van der Waals surface area contributed by atoms with Crippen LogP contribution in [0.3, 0.4) is 0 Å². The molecule has 110 valence electrons. The monoisotopic (exact) mass is 285 g/mol. The van der Waals surface area contributed by atoms with E-state index in [9.17, 15) is 9.59 Å². The van der Waals surface area contributed by atoms with Gasteiger partial charge in [0.15, 0.2) is 0 Å². The number of benzene rings is 1. The minimum Gasteiger partial charge on any atom is -0.481 e. The summed E-state index contributed by atoms with van der Waals surface area (Å²) in [5.41, 5.74) is 0.770. The van der Waals surface area contributed by atoms with Crippen LogP contribution in [0, 0.1) is 0 Å². The first-order valence-electron chi connectivity index (χ1n) is 6.66. The van der Waals surface area contributed by atoms with Crippen molar-refractivity contribution in [2.24, 2.45) is 0 Å². The molecule has 4 nitrogen and oxygen atoms in total. The van der Waals surface area contributed by atoms with Gasteiger partial charge >= 0.3 is 5.97 Å². The number of carbonyl (C=O) groups is 2. The fraction of sp³-hybridized carbons (Fsp3) is 0.176. The van der Waals surface area contributed by atoms with Crippen LogP contribution in [-0.2, 0) is 9.59 Å². The zero-order valence-corrected chi connectivity index (χ0v) is 11.9. The van der Waals surface area contributed by atoms with Crippen LogP contribution in [-0.4, -0.2) is 17.0 Å². The van der Waals surface area contributed by atoms with Gasteiger partial charge in [0.25, 0.3) is 0 Å². The number of aliphatic carboxylic acids is 1. The molecule has 0 radical (unpaired) electrons. The molecule has 0 aliphatic heterocycles. The Kier molecular flexibility index (Phi) is 7.29. The van der Waals surface area contributed by atoms with Gasteiger partial charge in [-0.25, -0.2) is 0 Å². The average molecular weight is 285 g/mol. The smallest absolute Gasteiger partial charge is 0.305 e. The van der Waals surface area contributed by atoms with Crippen LogP contribution in [0.2, 0.25) is 0 Å². The quantitative estimate of drug-likeness (QED) is 0.598. The number of hydrogen-bond acceptors (Lipinski definition) is 2. The van der Waals surface area contributed by atoms with Gasteiger partial charge in [-0.3, -0.25) is 9.59 Å². The van der Waals surface area contributed by atoms with Gasteiger partial charge in [0.1, 0.15) is 0 Å². The standard InChI is InChI=1S/C17H19NO3/c1-2-3-4-5-9-12-16(19)18-15(13-17(20)21)14-10-7-6-8-11-14/h2-12,15H,13H2,1H3,(H,18,19)(H,20,21)/b3-2+,5-4+,12-9+. The van der Waals surface area contributed by atoms with Gasteiger partial charge in [-0.15, -0.1) is 0 Å². The molecule has 1 aromatic rings. The first-order chi connectivity index (χ1) is 10.1. The number of hydrogen-bond donors (Lipinski definition) is 2. The van der Waals surface area contributed by atoms with E-state index in [1.54, 1.807) is 30.4 Å². The lowest BCUT2D eigenvalue weighted by atomic mass is 10.0. The minimum atomic E-state index is -0.957. The van der Waals surface area contributed by atoms with Crippen LogP contribution in [0.15, 0.2) is 66.8 Å². The highest BCUT2D eigenvalue weighted by Gasteiger charge is 2.16. The summed E-state index contributed by atoms with van der Waals surface area (Å²) in [6.07, 6.45) is 10.1. The van der Waals surface area contributed by atoms with Gasteiger partial charge < -0.3 is 10.4 Å². The number of amides is 1. The fourth-order valence-corrected chi connectivity index (χ4v) is 1.71. The first kappa shape index (κ1) is 16.4. The van der Waals surface area contributed by atoms with Crippen LogP contribution in [0.25, 0.3) is 0 Å². The Balaban J connectivity index is 2.69. The number of rotatable bonds is 7. The first-order valence-corrected chi connectivity index (χ1v) is 6.66. The molecule has 0 aliphatic carbocycles. The Morgan fingerprint density at radius 2 is 1.81 bits per heavy atom. The summed E-state index contributed by atoms with van der Waals surface area (Å²) in [5, 5.41) is 11.6. The molecule has 0 heterocycles. The lowest BCUT2D eigenvalue weighted by molar-refractivity contribution is -0.137.